The Hall–Kier alpha value is -1.82. The molecular formula is C18H24FN3O5S2. The maximum atomic E-state index is 13.0. The van der Waals surface area contributed by atoms with Crippen LogP contribution in [0.4, 0.5) is 4.39 Å². The fraction of sp³-hybridized carbons (Fsp3) is 0.500. The average molecular weight is 446 g/mol. The Kier molecular flexibility index (Phi) is 6.42. The fourth-order valence-electron chi connectivity index (χ4n) is 3.35. The molecule has 0 unspecified atom stereocenters. The van der Waals surface area contributed by atoms with Crippen molar-refractivity contribution in [1.82, 2.24) is 14.1 Å². The van der Waals surface area contributed by atoms with Gasteiger partial charge >= 0.3 is 0 Å². The summed E-state index contributed by atoms with van der Waals surface area (Å²) in [7, 11) is -7.24. The summed E-state index contributed by atoms with van der Waals surface area (Å²) in [5.41, 5.74) is 0.864. The van der Waals surface area contributed by atoms with E-state index in [1.807, 2.05) is 0 Å². The normalized spacial score (nSPS) is 16.2. The number of halogens is 1. The van der Waals surface area contributed by atoms with E-state index < -0.39 is 25.7 Å². The molecule has 29 heavy (non-hydrogen) atoms. The number of benzene rings is 1. The molecule has 0 N–H and O–H groups in total. The monoisotopic (exact) mass is 445 g/mol. The molecule has 1 fully saturated rings. The molecule has 0 radical (unpaired) electrons. The molecule has 0 aliphatic carbocycles. The molecule has 0 atom stereocenters. The first-order valence-electron chi connectivity index (χ1n) is 9.23. The van der Waals surface area contributed by atoms with E-state index in [9.17, 15) is 21.2 Å². The van der Waals surface area contributed by atoms with Gasteiger partial charge in [0.05, 0.1) is 35.2 Å². The number of sulfone groups is 1. The van der Waals surface area contributed by atoms with Gasteiger partial charge in [0.15, 0.2) is 9.84 Å². The van der Waals surface area contributed by atoms with Crippen LogP contribution in [0.15, 0.2) is 34.1 Å². The van der Waals surface area contributed by atoms with Crippen LogP contribution in [0.5, 0.6) is 0 Å². The summed E-state index contributed by atoms with van der Waals surface area (Å²) in [4.78, 5) is 0.226. The van der Waals surface area contributed by atoms with Gasteiger partial charge < -0.3 is 4.74 Å². The molecule has 11 heteroatoms. The lowest BCUT2D eigenvalue weighted by molar-refractivity contribution is 0.0730. The van der Waals surface area contributed by atoms with Crippen molar-refractivity contribution in [2.45, 2.75) is 36.6 Å². The Morgan fingerprint density at radius 1 is 1.07 bits per heavy atom. The first kappa shape index (κ1) is 21.9. The molecule has 2 heterocycles. The summed E-state index contributed by atoms with van der Waals surface area (Å²) < 4.78 is 71.9. The number of aryl methyl sites for hydroxylation is 2. The zero-order valence-electron chi connectivity index (χ0n) is 16.3. The largest absolute Gasteiger partial charge is 0.379 e. The first-order valence-corrected chi connectivity index (χ1v) is 12.3. The minimum atomic E-state index is -3.69. The zero-order valence-corrected chi connectivity index (χ0v) is 18.0. The number of aromatic nitrogens is 2. The molecule has 2 aromatic rings. The third-order valence-corrected chi connectivity index (χ3v) is 8.81. The van der Waals surface area contributed by atoms with Crippen molar-refractivity contribution in [2.75, 3.05) is 32.1 Å². The molecule has 0 saturated carbocycles. The van der Waals surface area contributed by atoms with Gasteiger partial charge in [-0.1, -0.05) is 0 Å². The second kappa shape index (κ2) is 8.50. The molecule has 0 bridgehead atoms. The van der Waals surface area contributed by atoms with Crippen LogP contribution in [0.2, 0.25) is 0 Å². The van der Waals surface area contributed by atoms with Crippen molar-refractivity contribution in [3.63, 3.8) is 0 Å². The molecule has 0 amide bonds. The highest BCUT2D eigenvalue weighted by Gasteiger charge is 2.32. The topological polar surface area (TPSA) is 98.6 Å². The second-order valence-electron chi connectivity index (χ2n) is 6.87. The Morgan fingerprint density at radius 3 is 2.31 bits per heavy atom. The fourth-order valence-corrected chi connectivity index (χ4v) is 6.43. The highest BCUT2D eigenvalue weighted by molar-refractivity contribution is 7.91. The lowest BCUT2D eigenvalue weighted by Crippen LogP contribution is -2.41. The zero-order chi connectivity index (χ0) is 21.2. The van der Waals surface area contributed by atoms with Crippen molar-refractivity contribution in [3.8, 4) is 0 Å². The van der Waals surface area contributed by atoms with Gasteiger partial charge in [0.25, 0.3) is 0 Å². The molecule has 3 rings (SSSR count). The average Bonchev–Trinajstić information content (AvgIpc) is 2.96. The molecule has 0 spiro atoms. The van der Waals surface area contributed by atoms with E-state index in [1.165, 1.54) is 21.1 Å². The summed E-state index contributed by atoms with van der Waals surface area (Å²) in [6.45, 7) is 4.85. The molecule has 160 valence electrons. The van der Waals surface area contributed by atoms with E-state index >= 15 is 0 Å². The third kappa shape index (κ3) is 4.68. The summed E-state index contributed by atoms with van der Waals surface area (Å²) in [5.74, 6) is -0.650. The molecule has 1 aliphatic heterocycles. The molecule has 1 saturated heterocycles. The number of hydrogen-bond donors (Lipinski definition) is 0. The van der Waals surface area contributed by atoms with Crippen LogP contribution in [0.1, 0.15) is 17.8 Å². The first-order chi connectivity index (χ1) is 13.6. The van der Waals surface area contributed by atoms with E-state index in [1.54, 1.807) is 13.8 Å². The van der Waals surface area contributed by atoms with E-state index in [-0.39, 0.29) is 28.5 Å². The second-order valence-corrected chi connectivity index (χ2v) is 10.8. The smallest absolute Gasteiger partial charge is 0.246 e. The predicted octanol–water partition coefficient (Wildman–Crippen LogP) is 1.52. The molecule has 1 aromatic carbocycles. The van der Waals surface area contributed by atoms with Crippen LogP contribution in [-0.4, -0.2) is 63.0 Å². The lowest BCUT2D eigenvalue weighted by Gasteiger charge is -2.26. The van der Waals surface area contributed by atoms with Crippen molar-refractivity contribution in [1.29, 1.82) is 0 Å². The van der Waals surface area contributed by atoms with Crippen molar-refractivity contribution >= 4 is 19.9 Å². The summed E-state index contributed by atoms with van der Waals surface area (Å²) in [5, 5.41) is 4.31. The van der Waals surface area contributed by atoms with Crippen LogP contribution in [0.3, 0.4) is 0 Å². The summed E-state index contributed by atoms with van der Waals surface area (Å²) in [6.07, 6.45) is 0.249. The van der Waals surface area contributed by atoms with Gasteiger partial charge in [0.1, 0.15) is 10.7 Å². The summed E-state index contributed by atoms with van der Waals surface area (Å²) >= 11 is 0. The van der Waals surface area contributed by atoms with E-state index in [2.05, 4.69) is 5.10 Å². The Bertz CT molecular complexity index is 1070. The van der Waals surface area contributed by atoms with Crippen LogP contribution in [0, 0.1) is 19.7 Å². The SMILES string of the molecule is Cc1nn(CCCS(=O)(=O)c2ccc(F)cc2)c(C)c1S(=O)(=O)N1CCOCC1. The number of ether oxygens (including phenoxy) is 1. The van der Waals surface area contributed by atoms with Crippen LogP contribution >= 0.6 is 0 Å². The van der Waals surface area contributed by atoms with E-state index in [4.69, 9.17) is 4.74 Å². The van der Waals surface area contributed by atoms with Crippen molar-refractivity contribution in [3.05, 3.63) is 41.5 Å². The van der Waals surface area contributed by atoms with Crippen molar-refractivity contribution in [2.24, 2.45) is 0 Å². The van der Waals surface area contributed by atoms with Crippen LogP contribution in [0.25, 0.3) is 0 Å². The van der Waals surface area contributed by atoms with Crippen molar-refractivity contribution < 1.29 is 26.0 Å². The van der Waals surface area contributed by atoms with Gasteiger partial charge in [0, 0.05) is 19.6 Å². The van der Waals surface area contributed by atoms with Crippen LogP contribution < -0.4 is 0 Å². The van der Waals surface area contributed by atoms with E-state index in [0.29, 0.717) is 37.7 Å². The number of nitrogens with zero attached hydrogens (tertiary/aromatic N) is 3. The van der Waals surface area contributed by atoms with Gasteiger partial charge in [0.2, 0.25) is 10.0 Å². The van der Waals surface area contributed by atoms with Gasteiger partial charge in [-0.2, -0.15) is 9.40 Å². The van der Waals surface area contributed by atoms with Gasteiger partial charge in [-0.3, -0.25) is 4.68 Å². The van der Waals surface area contributed by atoms with Gasteiger partial charge in [-0.05, 0) is 44.5 Å². The maximum Gasteiger partial charge on any atom is 0.246 e. The van der Waals surface area contributed by atoms with Gasteiger partial charge in [-0.25, -0.2) is 21.2 Å². The highest BCUT2D eigenvalue weighted by atomic mass is 32.2. The Labute approximate surface area is 170 Å². The molecule has 1 aliphatic rings. The predicted molar refractivity (Wildman–Crippen MR) is 104 cm³/mol. The Morgan fingerprint density at radius 2 is 1.69 bits per heavy atom. The molecule has 8 nitrogen and oxygen atoms in total. The highest BCUT2D eigenvalue weighted by Crippen LogP contribution is 2.24. The third-order valence-electron chi connectivity index (χ3n) is 4.84. The van der Waals surface area contributed by atoms with Gasteiger partial charge in [-0.15, -0.1) is 0 Å². The van der Waals surface area contributed by atoms with Crippen LogP contribution in [-0.2, 0) is 31.1 Å². The lowest BCUT2D eigenvalue weighted by atomic mass is 10.3. The number of sulfonamides is 1. The standard InChI is InChI=1S/C18H24FN3O5S2/c1-14-18(29(25,26)21-9-11-27-12-10-21)15(2)22(20-14)8-3-13-28(23,24)17-6-4-16(19)5-7-17/h4-7H,3,8-13H2,1-2H3. The minimum Gasteiger partial charge on any atom is -0.379 e. The molecular weight excluding hydrogens is 421 g/mol. The Balaban J connectivity index is 1.73. The number of morpholine rings is 1. The maximum absolute atomic E-state index is 13.0. The molecule has 1 aromatic heterocycles. The summed E-state index contributed by atoms with van der Waals surface area (Å²) in [6, 6.07) is 4.69. The number of rotatable bonds is 7. The quantitative estimate of drug-likeness (QED) is 0.600. The number of hydrogen-bond acceptors (Lipinski definition) is 6. The van der Waals surface area contributed by atoms with E-state index in [0.717, 1.165) is 12.1 Å². The minimum absolute atomic E-state index is 0.0582.